The van der Waals surface area contributed by atoms with Crippen molar-refractivity contribution < 1.29 is 36.3 Å². The lowest BCUT2D eigenvalue weighted by Gasteiger charge is -2.20. The first kappa shape index (κ1) is 33.1. The molecule has 8 rings (SSSR count). The van der Waals surface area contributed by atoms with Gasteiger partial charge < -0.3 is 29.7 Å². The molecule has 13 nitrogen and oxygen atoms in total. The van der Waals surface area contributed by atoms with Crippen LogP contribution in [0.5, 0.6) is 5.75 Å². The Hall–Kier alpha value is -4.24. The number of nitrogens with one attached hydrogen (secondary N) is 3. The molecular weight excluding hydrogens is 652 g/mol. The second-order valence-corrected chi connectivity index (χ2v) is 12.3. The third-order valence-electron chi connectivity index (χ3n) is 6.74. The van der Waals surface area contributed by atoms with Crippen LogP contribution in [-0.4, -0.2) is 58.0 Å². The van der Waals surface area contributed by atoms with E-state index in [0.717, 1.165) is 0 Å². The van der Waals surface area contributed by atoms with Crippen LogP contribution in [-0.2, 0) is 32.5 Å². The molecule has 0 unspecified atom stereocenters. The van der Waals surface area contributed by atoms with E-state index in [9.17, 15) is 22.5 Å². The summed E-state index contributed by atoms with van der Waals surface area (Å²) in [6.07, 6.45) is -0.758. The summed E-state index contributed by atoms with van der Waals surface area (Å²) in [4.78, 5) is 25.2. The number of anilines is 4. The Balaban J connectivity index is 1.64. The summed E-state index contributed by atoms with van der Waals surface area (Å²) >= 11 is 6.56. The van der Waals surface area contributed by atoms with E-state index in [4.69, 9.17) is 25.4 Å². The number of ether oxygens (including phenoxy) is 1. The van der Waals surface area contributed by atoms with E-state index in [1.807, 2.05) is 0 Å². The Morgan fingerprint density at radius 3 is 2.72 bits per heavy atom. The summed E-state index contributed by atoms with van der Waals surface area (Å²) in [6.45, 7) is 2.29. The highest BCUT2D eigenvalue weighted by Gasteiger charge is 2.36. The average Bonchev–Trinajstić information content (AvgIpc) is 3.49. The van der Waals surface area contributed by atoms with E-state index in [0.29, 0.717) is 36.0 Å². The molecule has 7 heterocycles. The number of amides is 1. The molecule has 8 bridgehead atoms. The number of carbonyl (C=O) groups is 1. The largest absolute Gasteiger partial charge is 0.495 e. The van der Waals surface area contributed by atoms with E-state index in [2.05, 4.69) is 36.0 Å². The molecule has 1 atom stereocenters. The van der Waals surface area contributed by atoms with Gasteiger partial charge in [0.25, 0.3) is 5.91 Å². The third-order valence-corrected chi connectivity index (χ3v) is 9.05. The van der Waals surface area contributed by atoms with Crippen LogP contribution >= 0.6 is 19.2 Å². The van der Waals surface area contributed by atoms with E-state index >= 15 is 0 Å². The Kier molecular flexibility index (Phi) is 9.82. The lowest BCUT2D eigenvalue weighted by Crippen LogP contribution is -2.21. The summed E-state index contributed by atoms with van der Waals surface area (Å²) < 4.78 is 74.2. The van der Waals surface area contributed by atoms with Gasteiger partial charge in [0, 0.05) is 36.6 Å². The van der Waals surface area contributed by atoms with Crippen molar-refractivity contribution in [2.75, 3.05) is 38.0 Å². The van der Waals surface area contributed by atoms with Crippen molar-refractivity contribution in [2.24, 2.45) is 0 Å². The summed E-state index contributed by atoms with van der Waals surface area (Å²) in [7, 11) is -0.915. The smallest absolute Gasteiger partial charge is 0.421 e. The zero-order valence-electron chi connectivity index (χ0n) is 24.8. The maximum atomic E-state index is 14.1. The molecule has 4 aliphatic heterocycles. The van der Waals surface area contributed by atoms with Crippen LogP contribution in [0.4, 0.5) is 36.3 Å². The number of hydrogen-bond donors (Lipinski definition) is 3. The van der Waals surface area contributed by atoms with Gasteiger partial charge in [-0.2, -0.15) is 23.3 Å². The fourth-order valence-electron chi connectivity index (χ4n) is 4.57. The average molecular weight is 681 g/mol. The normalized spacial score (nSPS) is 16.9. The topological polar surface area (TPSA) is 154 Å². The van der Waals surface area contributed by atoms with E-state index < -0.39 is 31.1 Å². The molecule has 3 N–H and O–H groups in total. The van der Waals surface area contributed by atoms with Crippen molar-refractivity contribution in [1.82, 2.24) is 30.0 Å². The first-order valence-corrected chi connectivity index (χ1v) is 16.0. The number of rotatable bonds is 4. The minimum atomic E-state index is -4.85. The highest BCUT2D eigenvalue weighted by atomic mass is 35.5. The Labute approximate surface area is 266 Å². The zero-order chi connectivity index (χ0) is 33.1. The molecule has 1 amide bonds. The van der Waals surface area contributed by atoms with Gasteiger partial charge in [-0.05, 0) is 43.2 Å². The van der Waals surface area contributed by atoms with Crippen LogP contribution in [0.3, 0.4) is 0 Å². The molecule has 0 saturated carbocycles. The van der Waals surface area contributed by atoms with Crippen molar-refractivity contribution in [2.45, 2.75) is 32.2 Å². The van der Waals surface area contributed by atoms with E-state index in [-0.39, 0.29) is 53.2 Å². The lowest BCUT2D eigenvalue weighted by molar-refractivity contribution is -0.137. The Bertz CT molecular complexity index is 1810. The van der Waals surface area contributed by atoms with Crippen LogP contribution < -0.4 is 20.7 Å². The second kappa shape index (κ2) is 13.6. The van der Waals surface area contributed by atoms with Crippen molar-refractivity contribution >= 4 is 48.2 Å². The number of halogens is 4. The lowest BCUT2D eigenvalue weighted by atomic mass is 10.1. The second-order valence-electron chi connectivity index (χ2n) is 9.88. The minimum absolute atomic E-state index is 0.0337. The summed E-state index contributed by atoms with van der Waals surface area (Å²) in [5.41, 5.74) is 0.110. The standard InChI is InChI=1S/C28H29ClF3N8O5P/c1-4-44-46(42)15-16-10-23(43-3)22(11-19(16)29)38-27-34-13-18(28(30,31)32)25(39-27)37-21-7-6-20(36-24(21)26(41)33-2)17-12-35-40(14-17)8-5-9-45-46/h6-7,10-14H,4-5,8-9,15H2,1-3H3,(H,33,41)(H2,34,37,38,39)/t46-/m0/s1. The van der Waals surface area contributed by atoms with E-state index in [1.54, 1.807) is 17.8 Å². The number of pyridine rings is 1. The SMILES string of the molecule is CCO[P@@]1(=O)Cc2cc(OC)c(cc2Cl)Nc2ncc(C(F)(F)F)c(n2)Nc2ccc(nc2C(=O)NC)-c2cnn(c2)CCCO1. The number of aromatic nitrogens is 5. The molecule has 1 aromatic carbocycles. The number of benzene rings is 1. The van der Waals surface area contributed by atoms with Crippen molar-refractivity contribution in [3.05, 3.63) is 64.7 Å². The van der Waals surface area contributed by atoms with Crippen LogP contribution in [0, 0.1) is 0 Å². The Morgan fingerprint density at radius 1 is 1.20 bits per heavy atom. The molecule has 4 aliphatic rings. The van der Waals surface area contributed by atoms with Gasteiger partial charge in [-0.3, -0.25) is 14.0 Å². The van der Waals surface area contributed by atoms with Gasteiger partial charge in [0.1, 0.15) is 17.1 Å². The number of methoxy groups -OCH3 is 1. The summed E-state index contributed by atoms with van der Waals surface area (Å²) in [5.74, 6) is -1.33. The molecule has 0 spiro atoms. The zero-order valence-corrected chi connectivity index (χ0v) is 26.5. The molecular formula is C28H29ClF3N8O5P. The molecule has 0 saturated heterocycles. The number of aryl methyl sites for hydroxylation is 1. The van der Waals surface area contributed by atoms with Crippen LogP contribution in [0.1, 0.15) is 35.0 Å². The van der Waals surface area contributed by atoms with E-state index in [1.165, 1.54) is 44.6 Å². The maximum Gasteiger partial charge on any atom is 0.421 e. The van der Waals surface area contributed by atoms with Gasteiger partial charge in [-0.1, -0.05) is 11.6 Å². The third kappa shape index (κ3) is 7.41. The highest BCUT2D eigenvalue weighted by molar-refractivity contribution is 7.53. The first-order valence-electron chi connectivity index (χ1n) is 13.9. The predicted molar refractivity (Wildman–Crippen MR) is 164 cm³/mol. The Morgan fingerprint density at radius 2 is 2.00 bits per heavy atom. The van der Waals surface area contributed by atoms with Gasteiger partial charge in [0.05, 0.1) is 49.8 Å². The van der Waals surface area contributed by atoms with Gasteiger partial charge in [-0.15, -0.1) is 0 Å². The van der Waals surface area contributed by atoms with Crippen molar-refractivity contribution in [3.8, 4) is 17.0 Å². The predicted octanol–water partition coefficient (Wildman–Crippen LogP) is 6.41. The molecule has 46 heavy (non-hydrogen) atoms. The van der Waals surface area contributed by atoms with Crippen LogP contribution in [0.2, 0.25) is 5.02 Å². The van der Waals surface area contributed by atoms with Crippen molar-refractivity contribution in [1.29, 1.82) is 0 Å². The molecule has 0 fully saturated rings. The molecule has 244 valence electrons. The van der Waals surface area contributed by atoms with Gasteiger partial charge in [-0.25, -0.2) is 9.97 Å². The molecule has 4 aromatic rings. The quantitative estimate of drug-likeness (QED) is 0.205. The monoisotopic (exact) mass is 680 g/mol. The molecule has 18 heteroatoms. The summed E-state index contributed by atoms with van der Waals surface area (Å²) in [5, 5.41) is 12.4. The number of alkyl halides is 3. The number of carbonyl (C=O) groups excluding carboxylic acids is 1. The minimum Gasteiger partial charge on any atom is -0.495 e. The van der Waals surface area contributed by atoms with Gasteiger partial charge in [0.2, 0.25) is 5.95 Å². The number of hydrogen-bond acceptors (Lipinski definition) is 11. The van der Waals surface area contributed by atoms with Crippen molar-refractivity contribution in [3.63, 3.8) is 0 Å². The maximum absolute atomic E-state index is 14.1. The first-order chi connectivity index (χ1) is 21.9. The number of nitrogens with zero attached hydrogens (tertiary/aromatic N) is 5. The molecule has 0 radical (unpaired) electrons. The van der Waals surface area contributed by atoms with Crippen LogP contribution in [0.15, 0.2) is 42.9 Å². The van der Waals surface area contributed by atoms with Gasteiger partial charge >= 0.3 is 13.8 Å². The molecule has 0 aliphatic carbocycles. The fraction of sp³-hybridized carbons (Fsp3) is 0.321. The van der Waals surface area contributed by atoms with Crippen LogP contribution in [0.25, 0.3) is 11.3 Å². The van der Waals surface area contributed by atoms with Gasteiger partial charge in [0.15, 0.2) is 5.69 Å². The molecule has 3 aromatic heterocycles. The fourth-order valence-corrected chi connectivity index (χ4v) is 6.63. The highest BCUT2D eigenvalue weighted by Crippen LogP contribution is 2.53. The summed E-state index contributed by atoms with van der Waals surface area (Å²) in [6, 6.07) is 5.91.